The van der Waals surface area contributed by atoms with Crippen molar-refractivity contribution in [3.63, 3.8) is 0 Å². The normalized spacial score (nSPS) is 21.6. The van der Waals surface area contributed by atoms with Crippen LogP contribution in [0.3, 0.4) is 0 Å². The number of carbonyl (C=O) groups is 2. The molecule has 1 aliphatic rings. The molecular formula is C11H19N3O3. The largest absolute Gasteiger partial charge is 0.463 e. The molecule has 0 radical (unpaired) electrons. The zero-order valence-corrected chi connectivity index (χ0v) is 10.0. The third kappa shape index (κ3) is 4.54. The Morgan fingerprint density at radius 1 is 1.59 bits per heavy atom. The summed E-state index contributed by atoms with van der Waals surface area (Å²) in [5.74, 6) is -0.708. The number of primary amides is 1. The molecule has 0 bridgehead atoms. The van der Waals surface area contributed by atoms with Crippen molar-refractivity contribution in [1.82, 2.24) is 10.2 Å². The van der Waals surface area contributed by atoms with Gasteiger partial charge in [-0.2, -0.15) is 0 Å². The highest BCUT2D eigenvalue weighted by Crippen LogP contribution is 2.02. The predicted molar refractivity (Wildman–Crippen MR) is 63.2 cm³/mol. The van der Waals surface area contributed by atoms with Crippen LogP contribution in [0, 0.1) is 0 Å². The molecule has 0 saturated carbocycles. The number of carbonyl (C=O) groups excluding carboxylic acids is 2. The van der Waals surface area contributed by atoms with Gasteiger partial charge in [0.25, 0.3) is 0 Å². The average Bonchev–Trinajstić information content (AvgIpc) is 2.30. The molecule has 1 aliphatic heterocycles. The summed E-state index contributed by atoms with van der Waals surface area (Å²) in [6.45, 7) is 4.75. The molecule has 0 aromatic heterocycles. The topological polar surface area (TPSA) is 84.7 Å². The van der Waals surface area contributed by atoms with Crippen molar-refractivity contribution < 1.29 is 14.3 Å². The number of nitrogens with one attached hydrogen (secondary N) is 1. The van der Waals surface area contributed by atoms with Gasteiger partial charge in [0.2, 0.25) is 5.91 Å². The fraction of sp³-hybridized carbons (Fsp3) is 0.636. The highest BCUT2D eigenvalue weighted by Gasteiger charge is 2.25. The summed E-state index contributed by atoms with van der Waals surface area (Å²) in [4.78, 5) is 24.2. The lowest BCUT2D eigenvalue weighted by Crippen LogP contribution is -2.56. The van der Waals surface area contributed by atoms with Crippen molar-refractivity contribution in [1.29, 1.82) is 0 Å². The van der Waals surface area contributed by atoms with Crippen molar-refractivity contribution in [3.8, 4) is 0 Å². The maximum atomic E-state index is 11.2. The zero-order chi connectivity index (χ0) is 12.7. The van der Waals surface area contributed by atoms with E-state index in [1.807, 2.05) is 4.90 Å². The average molecular weight is 241 g/mol. The van der Waals surface area contributed by atoms with E-state index in [9.17, 15) is 9.59 Å². The van der Waals surface area contributed by atoms with E-state index < -0.39 is 0 Å². The van der Waals surface area contributed by atoms with Crippen molar-refractivity contribution in [2.24, 2.45) is 5.73 Å². The molecule has 1 atom stereocenters. The molecule has 17 heavy (non-hydrogen) atoms. The maximum Gasteiger partial charge on any atom is 0.330 e. The minimum absolute atomic E-state index is 0.310. The Morgan fingerprint density at radius 3 is 3.00 bits per heavy atom. The lowest BCUT2D eigenvalue weighted by molar-refractivity contribution is -0.137. The van der Waals surface area contributed by atoms with E-state index in [-0.39, 0.29) is 17.9 Å². The number of rotatable bonds is 5. The number of esters is 1. The molecule has 1 saturated heterocycles. The third-order valence-electron chi connectivity index (χ3n) is 2.56. The highest BCUT2D eigenvalue weighted by atomic mass is 16.5. The molecule has 1 rings (SSSR count). The van der Waals surface area contributed by atoms with Gasteiger partial charge >= 0.3 is 5.97 Å². The molecule has 1 amide bonds. The molecule has 96 valence electrons. The Bertz CT molecular complexity index is 304. The Hall–Kier alpha value is -1.40. The summed E-state index contributed by atoms with van der Waals surface area (Å²) in [6, 6.07) is -0.310. The van der Waals surface area contributed by atoms with Crippen LogP contribution in [-0.4, -0.2) is 55.6 Å². The van der Waals surface area contributed by atoms with Crippen LogP contribution in [0.2, 0.25) is 0 Å². The van der Waals surface area contributed by atoms with Crippen LogP contribution < -0.4 is 11.1 Å². The summed E-state index contributed by atoms with van der Waals surface area (Å²) in [7, 11) is 0. The molecule has 0 aliphatic carbocycles. The second-order valence-corrected chi connectivity index (χ2v) is 3.77. The number of nitrogens with two attached hydrogens (primary N) is 1. The summed E-state index contributed by atoms with van der Waals surface area (Å²) < 4.78 is 4.76. The van der Waals surface area contributed by atoms with Gasteiger partial charge in [-0.1, -0.05) is 6.08 Å². The fourth-order valence-corrected chi connectivity index (χ4v) is 1.72. The summed E-state index contributed by atoms with van der Waals surface area (Å²) >= 11 is 0. The number of hydrogen-bond acceptors (Lipinski definition) is 5. The van der Waals surface area contributed by atoms with Crippen LogP contribution >= 0.6 is 0 Å². The number of amides is 1. The van der Waals surface area contributed by atoms with Crippen molar-refractivity contribution in [3.05, 3.63) is 12.2 Å². The first-order chi connectivity index (χ1) is 8.15. The Morgan fingerprint density at radius 2 is 2.35 bits per heavy atom. The van der Waals surface area contributed by atoms with Gasteiger partial charge in [-0.25, -0.2) is 4.79 Å². The highest BCUT2D eigenvalue weighted by molar-refractivity contribution is 5.82. The fourth-order valence-electron chi connectivity index (χ4n) is 1.72. The van der Waals surface area contributed by atoms with Gasteiger partial charge in [0.15, 0.2) is 0 Å². The molecule has 1 unspecified atom stereocenters. The summed E-state index contributed by atoms with van der Waals surface area (Å²) in [6.07, 6.45) is 3.07. The molecule has 0 aromatic carbocycles. The van der Waals surface area contributed by atoms with Crippen molar-refractivity contribution in [2.75, 3.05) is 32.8 Å². The van der Waals surface area contributed by atoms with Crippen LogP contribution in [0.1, 0.15) is 6.92 Å². The van der Waals surface area contributed by atoms with E-state index in [4.69, 9.17) is 10.5 Å². The van der Waals surface area contributed by atoms with E-state index in [0.29, 0.717) is 19.7 Å². The smallest absolute Gasteiger partial charge is 0.330 e. The minimum atomic E-state index is -0.363. The van der Waals surface area contributed by atoms with Crippen LogP contribution in [0.15, 0.2) is 12.2 Å². The SMILES string of the molecule is CCOC(=O)/C=C/CN1CCNCC1C(N)=O. The maximum absolute atomic E-state index is 11.2. The van der Waals surface area contributed by atoms with Crippen molar-refractivity contribution in [2.45, 2.75) is 13.0 Å². The summed E-state index contributed by atoms with van der Waals surface area (Å²) in [5, 5.41) is 3.11. The predicted octanol–water partition coefficient (Wildman–Crippen LogP) is -1.14. The monoisotopic (exact) mass is 241 g/mol. The van der Waals surface area contributed by atoms with E-state index in [0.717, 1.165) is 13.1 Å². The Labute approximate surface area is 101 Å². The Balaban J connectivity index is 2.43. The van der Waals surface area contributed by atoms with Crippen LogP contribution in [0.25, 0.3) is 0 Å². The van der Waals surface area contributed by atoms with Crippen LogP contribution in [-0.2, 0) is 14.3 Å². The van der Waals surface area contributed by atoms with Gasteiger partial charge in [-0.15, -0.1) is 0 Å². The molecular weight excluding hydrogens is 222 g/mol. The van der Waals surface area contributed by atoms with Gasteiger partial charge in [-0.3, -0.25) is 9.69 Å². The summed E-state index contributed by atoms with van der Waals surface area (Å²) in [5.41, 5.74) is 5.30. The molecule has 1 fully saturated rings. The van der Waals surface area contributed by atoms with Gasteiger partial charge in [0.1, 0.15) is 6.04 Å². The number of ether oxygens (including phenoxy) is 1. The number of hydrogen-bond donors (Lipinski definition) is 2. The lowest BCUT2D eigenvalue weighted by Gasteiger charge is -2.33. The van der Waals surface area contributed by atoms with E-state index in [1.54, 1.807) is 13.0 Å². The van der Waals surface area contributed by atoms with Crippen LogP contribution in [0.4, 0.5) is 0 Å². The van der Waals surface area contributed by atoms with Gasteiger partial charge < -0.3 is 15.8 Å². The minimum Gasteiger partial charge on any atom is -0.463 e. The lowest BCUT2D eigenvalue weighted by atomic mass is 10.2. The number of nitrogens with zero attached hydrogens (tertiary/aromatic N) is 1. The molecule has 0 aromatic rings. The zero-order valence-electron chi connectivity index (χ0n) is 10.0. The first kappa shape index (κ1) is 13.7. The molecule has 6 heteroatoms. The molecule has 0 spiro atoms. The third-order valence-corrected chi connectivity index (χ3v) is 2.56. The standard InChI is InChI=1S/C11H19N3O3/c1-2-17-10(15)4-3-6-14-7-5-13-8-9(14)11(12)16/h3-4,9,13H,2,5-8H2,1H3,(H2,12,16)/b4-3+. The van der Waals surface area contributed by atoms with Gasteiger partial charge in [0.05, 0.1) is 6.61 Å². The second kappa shape index (κ2) is 7.03. The second-order valence-electron chi connectivity index (χ2n) is 3.77. The first-order valence-corrected chi connectivity index (χ1v) is 5.72. The van der Waals surface area contributed by atoms with Crippen molar-refractivity contribution >= 4 is 11.9 Å². The van der Waals surface area contributed by atoms with E-state index in [2.05, 4.69) is 5.32 Å². The Kier molecular flexibility index (Phi) is 5.65. The first-order valence-electron chi connectivity index (χ1n) is 5.72. The van der Waals surface area contributed by atoms with Gasteiger partial charge in [0, 0.05) is 32.3 Å². The van der Waals surface area contributed by atoms with E-state index in [1.165, 1.54) is 6.08 Å². The molecule has 6 nitrogen and oxygen atoms in total. The van der Waals surface area contributed by atoms with E-state index >= 15 is 0 Å². The molecule has 1 heterocycles. The number of piperazine rings is 1. The van der Waals surface area contributed by atoms with Crippen LogP contribution in [0.5, 0.6) is 0 Å². The molecule has 3 N–H and O–H groups in total. The van der Waals surface area contributed by atoms with Gasteiger partial charge in [-0.05, 0) is 6.92 Å². The quantitative estimate of drug-likeness (QED) is 0.470.